The fourth-order valence-corrected chi connectivity index (χ4v) is 3.46. The van der Waals surface area contributed by atoms with Gasteiger partial charge >= 0.3 is 0 Å². The average molecular weight is 270 g/mol. The van der Waals surface area contributed by atoms with E-state index in [1.807, 2.05) is 23.9 Å². The lowest BCUT2D eigenvalue weighted by Gasteiger charge is -2.25. The first-order chi connectivity index (χ1) is 9.65. The number of nitrogens with zero attached hydrogens (tertiary/aromatic N) is 2. The van der Waals surface area contributed by atoms with Crippen LogP contribution in [-0.4, -0.2) is 15.6 Å². The highest BCUT2D eigenvalue weighted by molar-refractivity contribution is 5.89. The predicted molar refractivity (Wildman–Crippen MR) is 80.5 cm³/mol. The van der Waals surface area contributed by atoms with Gasteiger partial charge in [0.25, 0.3) is 0 Å². The minimum absolute atomic E-state index is 0.250. The van der Waals surface area contributed by atoms with E-state index in [0.717, 1.165) is 29.4 Å². The second-order valence-electron chi connectivity index (χ2n) is 6.20. The third-order valence-corrected chi connectivity index (χ3v) is 4.57. The number of carbonyl (C=O) groups excluding carboxylic acids is 1. The molecule has 0 radical (unpaired) electrons. The van der Waals surface area contributed by atoms with Crippen LogP contribution in [0.1, 0.15) is 38.3 Å². The molecule has 1 aromatic carbocycles. The first-order valence-electron chi connectivity index (χ1n) is 7.58. The zero-order valence-corrected chi connectivity index (χ0v) is 12.3. The number of para-hydroxylation sites is 1. The molecule has 20 heavy (non-hydrogen) atoms. The van der Waals surface area contributed by atoms with Crippen LogP contribution in [0, 0.1) is 11.8 Å². The van der Waals surface area contributed by atoms with E-state index in [9.17, 15) is 4.79 Å². The molecule has 2 unspecified atom stereocenters. The van der Waals surface area contributed by atoms with Crippen LogP contribution in [0.25, 0.3) is 10.9 Å². The topological polar surface area (TPSA) is 34.9 Å². The van der Waals surface area contributed by atoms with Crippen LogP contribution in [0.3, 0.4) is 0 Å². The van der Waals surface area contributed by atoms with Crippen LogP contribution >= 0.6 is 0 Å². The highest BCUT2D eigenvalue weighted by atomic mass is 16.1. The van der Waals surface area contributed by atoms with Crippen molar-refractivity contribution < 1.29 is 4.79 Å². The van der Waals surface area contributed by atoms with Crippen molar-refractivity contribution in [1.29, 1.82) is 0 Å². The van der Waals surface area contributed by atoms with Crippen LogP contribution in [0.2, 0.25) is 0 Å². The summed E-state index contributed by atoms with van der Waals surface area (Å²) in [6, 6.07) is 8.15. The molecule has 0 amide bonds. The number of aryl methyl sites for hydroxylation is 1. The van der Waals surface area contributed by atoms with Crippen molar-refractivity contribution >= 4 is 16.7 Å². The Labute approximate surface area is 120 Å². The second-order valence-corrected chi connectivity index (χ2v) is 6.20. The Bertz CT molecular complexity index is 629. The summed E-state index contributed by atoms with van der Waals surface area (Å²) in [4.78, 5) is 12.5. The van der Waals surface area contributed by atoms with Crippen LogP contribution in [0.5, 0.6) is 0 Å². The minimum atomic E-state index is 0.250. The normalized spacial score (nSPS) is 23.1. The van der Waals surface area contributed by atoms with Crippen LogP contribution in [0.4, 0.5) is 0 Å². The Balaban J connectivity index is 1.81. The maximum atomic E-state index is 12.5. The molecule has 1 saturated carbocycles. The van der Waals surface area contributed by atoms with Gasteiger partial charge < -0.3 is 0 Å². The summed E-state index contributed by atoms with van der Waals surface area (Å²) < 4.78 is 1.88. The number of hydrogen-bond acceptors (Lipinski definition) is 2. The van der Waals surface area contributed by atoms with Crippen molar-refractivity contribution in [2.75, 3.05) is 0 Å². The molecule has 1 fully saturated rings. The first-order valence-corrected chi connectivity index (χ1v) is 7.58. The molecule has 0 saturated heterocycles. The highest BCUT2D eigenvalue weighted by Crippen LogP contribution is 2.30. The van der Waals surface area contributed by atoms with Gasteiger partial charge in [0.1, 0.15) is 5.78 Å². The molecule has 3 rings (SSSR count). The Morgan fingerprint density at radius 3 is 2.95 bits per heavy atom. The molecule has 3 heteroatoms. The van der Waals surface area contributed by atoms with Crippen molar-refractivity contribution in [2.45, 2.75) is 39.0 Å². The van der Waals surface area contributed by atoms with E-state index in [0.29, 0.717) is 18.1 Å². The molecular weight excluding hydrogens is 248 g/mol. The van der Waals surface area contributed by atoms with Crippen LogP contribution < -0.4 is 0 Å². The third kappa shape index (κ3) is 2.49. The molecule has 0 spiro atoms. The Hall–Kier alpha value is -1.64. The number of carbonyl (C=O) groups is 1. The summed E-state index contributed by atoms with van der Waals surface area (Å²) in [5.41, 5.74) is 2.04. The number of rotatable bonds is 3. The SMILES string of the molecule is CC1CCCC(C(=O)Cc2nn(C)c3ccccc23)C1. The van der Waals surface area contributed by atoms with E-state index in [1.54, 1.807) is 0 Å². The Kier molecular flexibility index (Phi) is 3.60. The number of fused-ring (bicyclic) bond motifs is 1. The fraction of sp³-hybridized carbons (Fsp3) is 0.529. The van der Waals surface area contributed by atoms with E-state index in [2.05, 4.69) is 24.2 Å². The molecule has 0 aliphatic heterocycles. The van der Waals surface area contributed by atoms with Crippen molar-refractivity contribution in [3.8, 4) is 0 Å². The van der Waals surface area contributed by atoms with Crippen LogP contribution in [-0.2, 0) is 18.3 Å². The van der Waals surface area contributed by atoms with Gasteiger partial charge in [0.05, 0.1) is 17.6 Å². The summed E-state index contributed by atoms with van der Waals surface area (Å²) >= 11 is 0. The summed E-state index contributed by atoms with van der Waals surface area (Å²) in [6.45, 7) is 2.26. The molecule has 3 nitrogen and oxygen atoms in total. The van der Waals surface area contributed by atoms with Gasteiger partial charge in [0, 0.05) is 18.4 Å². The monoisotopic (exact) mass is 270 g/mol. The van der Waals surface area contributed by atoms with Crippen LogP contribution in [0.15, 0.2) is 24.3 Å². The number of hydrogen-bond donors (Lipinski definition) is 0. The molecule has 2 aromatic rings. The largest absolute Gasteiger partial charge is 0.299 e. The molecule has 0 N–H and O–H groups in total. The Morgan fingerprint density at radius 2 is 2.15 bits per heavy atom. The summed E-state index contributed by atoms with van der Waals surface area (Å²) in [6.07, 6.45) is 5.08. The van der Waals surface area contributed by atoms with Crippen molar-refractivity contribution in [3.63, 3.8) is 0 Å². The molecular formula is C17H22N2O. The lowest BCUT2D eigenvalue weighted by Crippen LogP contribution is -2.23. The molecule has 2 atom stereocenters. The van der Waals surface area contributed by atoms with Crippen molar-refractivity contribution in [1.82, 2.24) is 9.78 Å². The standard InChI is InChI=1S/C17H22N2O/c1-12-6-5-7-13(10-12)17(20)11-15-14-8-3-4-9-16(14)19(2)18-15/h3-4,8-9,12-13H,5-7,10-11H2,1-2H3. The van der Waals surface area contributed by atoms with Gasteiger partial charge in [-0.1, -0.05) is 38.0 Å². The zero-order valence-electron chi connectivity index (χ0n) is 12.3. The average Bonchev–Trinajstić information content (AvgIpc) is 2.76. The number of aromatic nitrogens is 2. The van der Waals surface area contributed by atoms with Gasteiger partial charge in [-0.15, -0.1) is 0 Å². The molecule has 1 aliphatic rings. The summed E-state index contributed by atoms with van der Waals surface area (Å²) in [7, 11) is 1.94. The summed E-state index contributed by atoms with van der Waals surface area (Å²) in [5, 5.41) is 5.66. The molecule has 1 heterocycles. The molecule has 1 aromatic heterocycles. The van der Waals surface area contributed by atoms with Gasteiger partial charge in [-0.3, -0.25) is 9.48 Å². The predicted octanol–water partition coefficient (Wildman–Crippen LogP) is 3.51. The fourth-order valence-electron chi connectivity index (χ4n) is 3.46. The van der Waals surface area contributed by atoms with Gasteiger partial charge in [-0.2, -0.15) is 5.10 Å². The van der Waals surface area contributed by atoms with Gasteiger partial charge in [0.2, 0.25) is 0 Å². The minimum Gasteiger partial charge on any atom is -0.299 e. The lowest BCUT2D eigenvalue weighted by molar-refractivity contribution is -0.123. The number of benzene rings is 1. The number of ketones is 1. The van der Waals surface area contributed by atoms with Gasteiger partial charge in [-0.05, 0) is 24.8 Å². The number of Topliss-reactive ketones (excluding diaryl/α,β-unsaturated/α-hetero) is 1. The van der Waals surface area contributed by atoms with E-state index in [4.69, 9.17) is 0 Å². The smallest absolute Gasteiger partial charge is 0.142 e. The van der Waals surface area contributed by atoms with Crippen molar-refractivity contribution in [2.24, 2.45) is 18.9 Å². The molecule has 106 valence electrons. The van der Waals surface area contributed by atoms with E-state index < -0.39 is 0 Å². The second kappa shape index (κ2) is 5.39. The molecule has 1 aliphatic carbocycles. The first kappa shape index (κ1) is 13.3. The highest BCUT2D eigenvalue weighted by Gasteiger charge is 2.26. The molecule has 0 bridgehead atoms. The lowest BCUT2D eigenvalue weighted by atomic mass is 9.79. The Morgan fingerprint density at radius 1 is 1.35 bits per heavy atom. The maximum Gasteiger partial charge on any atom is 0.142 e. The summed E-state index contributed by atoms with van der Waals surface area (Å²) in [5.74, 6) is 1.32. The van der Waals surface area contributed by atoms with E-state index in [-0.39, 0.29) is 5.92 Å². The quantitative estimate of drug-likeness (QED) is 0.855. The maximum absolute atomic E-state index is 12.5. The van der Waals surface area contributed by atoms with E-state index >= 15 is 0 Å². The van der Waals surface area contributed by atoms with E-state index in [1.165, 1.54) is 12.8 Å². The third-order valence-electron chi connectivity index (χ3n) is 4.57. The zero-order chi connectivity index (χ0) is 14.1. The van der Waals surface area contributed by atoms with Gasteiger partial charge in [0.15, 0.2) is 0 Å². The van der Waals surface area contributed by atoms with Gasteiger partial charge in [-0.25, -0.2) is 0 Å². The van der Waals surface area contributed by atoms with Crippen molar-refractivity contribution in [3.05, 3.63) is 30.0 Å².